The molecule has 130 valence electrons. The summed E-state index contributed by atoms with van der Waals surface area (Å²) in [5.41, 5.74) is 1.17. The molecule has 0 fully saturated rings. The van der Waals surface area contributed by atoms with Gasteiger partial charge in [0, 0.05) is 9.80 Å². The summed E-state index contributed by atoms with van der Waals surface area (Å²) in [5.74, 6) is 0.230. The van der Waals surface area contributed by atoms with Gasteiger partial charge < -0.3 is 5.11 Å². The third-order valence-corrected chi connectivity index (χ3v) is 5.80. The molecule has 0 radical (unpaired) electrons. The highest BCUT2D eigenvalue weighted by Crippen LogP contribution is 2.26. The van der Waals surface area contributed by atoms with Gasteiger partial charge in [0.2, 0.25) is 0 Å². The summed E-state index contributed by atoms with van der Waals surface area (Å²) in [6, 6.07) is 7.86. The summed E-state index contributed by atoms with van der Waals surface area (Å²) in [6.45, 7) is 8.44. The van der Waals surface area contributed by atoms with E-state index in [-0.39, 0.29) is 5.92 Å². The lowest BCUT2D eigenvalue weighted by atomic mass is 10.0. The molecule has 1 N–H and O–H groups in total. The Bertz CT molecular complexity index is 505. The van der Waals surface area contributed by atoms with Crippen molar-refractivity contribution in [2.24, 2.45) is 5.92 Å². The quantitative estimate of drug-likeness (QED) is 0.624. The van der Waals surface area contributed by atoms with E-state index in [2.05, 4.69) is 20.8 Å². The number of rotatable bonds is 10. The molecule has 1 rings (SSSR count). The van der Waals surface area contributed by atoms with E-state index in [1.807, 2.05) is 37.3 Å². The summed E-state index contributed by atoms with van der Waals surface area (Å²) in [7, 11) is -1.19. The van der Waals surface area contributed by atoms with Crippen LogP contribution in [0.3, 0.4) is 0 Å². The second-order valence-electron chi connectivity index (χ2n) is 6.40. The first-order valence-corrected chi connectivity index (χ1v) is 10.0. The number of aliphatic hydroxyl groups is 1. The largest absolute Gasteiger partial charge is 0.389 e. The molecule has 3 atom stereocenters. The van der Waals surface area contributed by atoms with Crippen LogP contribution in [0.25, 0.3) is 0 Å². The van der Waals surface area contributed by atoms with E-state index in [0.717, 1.165) is 48.3 Å². The van der Waals surface area contributed by atoms with Gasteiger partial charge in [-0.25, -0.2) is 4.21 Å². The van der Waals surface area contributed by atoms with E-state index < -0.39 is 16.9 Å². The zero-order chi connectivity index (χ0) is 17.2. The fourth-order valence-corrected chi connectivity index (χ4v) is 3.96. The van der Waals surface area contributed by atoms with Crippen molar-refractivity contribution in [1.29, 1.82) is 0 Å². The van der Waals surface area contributed by atoms with Gasteiger partial charge in [-0.2, -0.15) is 0 Å². The van der Waals surface area contributed by atoms with Crippen LogP contribution in [0.4, 0.5) is 0 Å². The minimum Gasteiger partial charge on any atom is -0.389 e. The molecule has 0 bridgehead atoms. The molecule has 0 heterocycles. The van der Waals surface area contributed by atoms with Gasteiger partial charge in [-0.1, -0.05) is 64.2 Å². The van der Waals surface area contributed by atoms with Crippen LogP contribution in [-0.2, 0) is 10.8 Å². The number of aliphatic hydroxyl groups excluding tert-OH is 1. The van der Waals surface area contributed by atoms with Crippen molar-refractivity contribution in [2.75, 3.05) is 0 Å². The monoisotopic (exact) mass is 336 g/mol. The van der Waals surface area contributed by atoms with Gasteiger partial charge in [-0.05, 0) is 43.9 Å². The number of aryl methyl sites for hydroxylation is 1. The minimum absolute atomic E-state index is 0.230. The van der Waals surface area contributed by atoms with Crippen LogP contribution in [0.15, 0.2) is 40.1 Å². The fourth-order valence-electron chi connectivity index (χ4n) is 2.55. The van der Waals surface area contributed by atoms with Gasteiger partial charge in [-0.3, -0.25) is 0 Å². The van der Waals surface area contributed by atoms with Crippen LogP contribution in [0.5, 0.6) is 0 Å². The molecule has 0 spiro atoms. The molecular formula is C20H32O2S. The highest BCUT2D eigenvalue weighted by molar-refractivity contribution is 7.89. The molecule has 0 aromatic heterocycles. The predicted octanol–water partition coefficient (Wildman–Crippen LogP) is 5.36. The van der Waals surface area contributed by atoms with Crippen molar-refractivity contribution in [3.8, 4) is 0 Å². The van der Waals surface area contributed by atoms with Gasteiger partial charge in [0.1, 0.15) is 0 Å². The Morgan fingerprint density at radius 3 is 2.26 bits per heavy atom. The van der Waals surface area contributed by atoms with Gasteiger partial charge in [0.05, 0.1) is 16.9 Å². The Hall–Kier alpha value is -0.930. The minimum atomic E-state index is -1.19. The smallest absolute Gasteiger partial charge is 0.0808 e. The molecule has 0 saturated heterocycles. The molecule has 0 saturated carbocycles. The molecule has 0 unspecified atom stereocenters. The fraction of sp³-hybridized carbons (Fsp3) is 0.600. The lowest BCUT2D eigenvalue weighted by Crippen LogP contribution is -2.12. The molecule has 2 nitrogen and oxygen atoms in total. The van der Waals surface area contributed by atoms with E-state index >= 15 is 0 Å². The normalized spacial score (nSPS) is 16.1. The van der Waals surface area contributed by atoms with E-state index in [4.69, 9.17) is 0 Å². The van der Waals surface area contributed by atoms with Crippen LogP contribution in [0, 0.1) is 12.8 Å². The van der Waals surface area contributed by atoms with Crippen molar-refractivity contribution in [1.82, 2.24) is 0 Å². The maximum Gasteiger partial charge on any atom is 0.0808 e. The number of benzene rings is 1. The van der Waals surface area contributed by atoms with Crippen LogP contribution in [-0.4, -0.2) is 15.4 Å². The van der Waals surface area contributed by atoms with Gasteiger partial charge >= 0.3 is 0 Å². The highest BCUT2D eigenvalue weighted by atomic mass is 32.2. The third-order valence-electron chi connectivity index (χ3n) is 4.14. The number of hydrogen-bond acceptors (Lipinski definition) is 2. The molecule has 3 heteroatoms. The zero-order valence-corrected chi connectivity index (χ0v) is 15.9. The van der Waals surface area contributed by atoms with Crippen molar-refractivity contribution >= 4 is 10.8 Å². The molecule has 0 aliphatic heterocycles. The number of unbranched alkanes of at least 4 members (excludes halogenated alkanes) is 2. The van der Waals surface area contributed by atoms with Gasteiger partial charge in [0.25, 0.3) is 0 Å². The molecule has 1 aromatic carbocycles. The second-order valence-corrected chi connectivity index (χ2v) is 7.88. The van der Waals surface area contributed by atoms with Crippen molar-refractivity contribution < 1.29 is 9.32 Å². The van der Waals surface area contributed by atoms with E-state index in [9.17, 15) is 9.32 Å². The lowest BCUT2D eigenvalue weighted by Gasteiger charge is -2.18. The van der Waals surface area contributed by atoms with Crippen molar-refractivity contribution in [2.45, 2.75) is 77.2 Å². The Kier molecular flexibility index (Phi) is 9.42. The predicted molar refractivity (Wildman–Crippen MR) is 99.9 cm³/mol. The first kappa shape index (κ1) is 20.1. The number of allylic oxidation sites excluding steroid dienone is 1. The molecule has 0 amide bonds. The van der Waals surface area contributed by atoms with Crippen LogP contribution < -0.4 is 0 Å². The first-order valence-electron chi connectivity index (χ1n) is 8.87. The van der Waals surface area contributed by atoms with Gasteiger partial charge in [-0.15, -0.1) is 0 Å². The van der Waals surface area contributed by atoms with Crippen LogP contribution in [0.2, 0.25) is 0 Å². The van der Waals surface area contributed by atoms with Crippen LogP contribution >= 0.6 is 0 Å². The Morgan fingerprint density at radius 1 is 1.13 bits per heavy atom. The summed E-state index contributed by atoms with van der Waals surface area (Å²) in [4.78, 5) is 1.71. The average Bonchev–Trinajstić information content (AvgIpc) is 2.55. The van der Waals surface area contributed by atoms with E-state index in [0.29, 0.717) is 0 Å². The zero-order valence-electron chi connectivity index (χ0n) is 15.0. The number of hydrogen-bond donors (Lipinski definition) is 1. The highest BCUT2D eigenvalue weighted by Gasteiger charge is 2.18. The third kappa shape index (κ3) is 7.01. The maximum atomic E-state index is 13.0. The lowest BCUT2D eigenvalue weighted by molar-refractivity contribution is 0.208. The van der Waals surface area contributed by atoms with Crippen molar-refractivity contribution in [3.05, 3.63) is 40.8 Å². The topological polar surface area (TPSA) is 37.3 Å². The Labute approximate surface area is 144 Å². The average molecular weight is 337 g/mol. The molecule has 1 aromatic rings. The summed E-state index contributed by atoms with van der Waals surface area (Å²) >= 11 is 0. The van der Waals surface area contributed by atoms with Gasteiger partial charge in [0.15, 0.2) is 0 Å². The van der Waals surface area contributed by atoms with Crippen LogP contribution in [0.1, 0.15) is 64.9 Å². The van der Waals surface area contributed by atoms with Crippen molar-refractivity contribution in [3.63, 3.8) is 0 Å². The van der Waals surface area contributed by atoms with E-state index in [1.165, 1.54) is 5.56 Å². The first-order chi connectivity index (χ1) is 11.0. The Balaban J connectivity index is 2.99. The van der Waals surface area contributed by atoms with E-state index in [1.54, 1.807) is 0 Å². The standard InChI is InChI=1S/C20H32O2S/c1-5-7-9-17(4)20(15-18(21)10-8-6-2)23(22)19-13-11-16(3)12-14-19/h11-15,17-18,21H,5-10H2,1-4H3/b20-15-/t17-,18+,23-/m0/s1. The SMILES string of the molecule is CCCC[C@@H](O)/C=C(/[C@@H](C)CCCC)[S@@](=O)c1ccc(C)cc1. The summed E-state index contributed by atoms with van der Waals surface area (Å²) < 4.78 is 13.0. The molecule has 23 heavy (non-hydrogen) atoms. The molecule has 0 aliphatic rings. The summed E-state index contributed by atoms with van der Waals surface area (Å²) in [6.07, 6.45) is 7.42. The second kappa shape index (κ2) is 10.8. The maximum absolute atomic E-state index is 13.0. The molecule has 0 aliphatic carbocycles. The molecular weight excluding hydrogens is 304 g/mol. The Morgan fingerprint density at radius 2 is 1.70 bits per heavy atom. The summed E-state index contributed by atoms with van der Waals surface area (Å²) in [5, 5.41) is 10.3.